The fraction of sp³-hybridized carbons (Fsp3) is 0.333. The summed E-state index contributed by atoms with van der Waals surface area (Å²) in [5.41, 5.74) is 2.23. The first-order chi connectivity index (χ1) is 8.40. The van der Waals surface area contributed by atoms with Gasteiger partial charge in [-0.05, 0) is 25.0 Å². The minimum Gasteiger partial charge on any atom is -0.381 e. The van der Waals surface area contributed by atoms with Crippen molar-refractivity contribution in [2.24, 2.45) is 0 Å². The first kappa shape index (κ1) is 10.4. The number of hydrogen-bond donors (Lipinski definition) is 0. The van der Waals surface area contributed by atoms with Gasteiger partial charge in [0.05, 0.1) is 5.69 Å². The van der Waals surface area contributed by atoms with Crippen LogP contribution in [0.2, 0.25) is 0 Å². The molecule has 2 aromatic rings. The van der Waals surface area contributed by atoms with Gasteiger partial charge in [0, 0.05) is 30.2 Å². The molecule has 1 aliphatic heterocycles. The van der Waals surface area contributed by atoms with Crippen LogP contribution in [0, 0.1) is 12.3 Å². The maximum absolute atomic E-state index is 5.62. The Hall–Kier alpha value is -1.72. The third-order valence-electron chi connectivity index (χ3n) is 3.45. The molecular formula is C15H15NO. The molecule has 1 aromatic heterocycles. The topological polar surface area (TPSA) is 14.2 Å². The Bertz CT molecular complexity index is 570. The number of ether oxygens (including phenoxy) is 1. The van der Waals surface area contributed by atoms with E-state index in [4.69, 9.17) is 11.2 Å². The summed E-state index contributed by atoms with van der Waals surface area (Å²) in [7, 11) is 0. The monoisotopic (exact) mass is 225 g/mol. The van der Waals surface area contributed by atoms with Crippen LogP contribution in [0.5, 0.6) is 0 Å². The van der Waals surface area contributed by atoms with E-state index >= 15 is 0 Å². The Morgan fingerprint density at radius 1 is 1.24 bits per heavy atom. The van der Waals surface area contributed by atoms with Gasteiger partial charge in [-0.3, -0.25) is 0 Å². The van der Waals surface area contributed by atoms with Crippen molar-refractivity contribution in [3.63, 3.8) is 0 Å². The standard InChI is InChI=1S/C15H15NO/c1-2-13-11-12-5-3-4-6-15(12)16(13)14-7-9-17-10-8-14/h1,3-6,11,14H,7-10H2. The molecule has 0 unspecified atom stereocenters. The molecule has 0 saturated carbocycles. The average Bonchev–Trinajstić information content (AvgIpc) is 2.78. The number of benzene rings is 1. The van der Waals surface area contributed by atoms with Gasteiger partial charge in [0.15, 0.2) is 0 Å². The second kappa shape index (κ2) is 4.27. The highest BCUT2D eigenvalue weighted by atomic mass is 16.5. The molecule has 86 valence electrons. The fourth-order valence-corrected chi connectivity index (χ4v) is 2.62. The Balaban J connectivity index is 2.15. The molecule has 0 aliphatic carbocycles. The third kappa shape index (κ3) is 1.73. The summed E-state index contributed by atoms with van der Waals surface area (Å²) in [4.78, 5) is 0. The summed E-state index contributed by atoms with van der Waals surface area (Å²) in [5, 5.41) is 1.23. The molecular weight excluding hydrogens is 210 g/mol. The number of terminal acetylenes is 1. The highest BCUT2D eigenvalue weighted by Gasteiger charge is 2.19. The van der Waals surface area contributed by atoms with Crippen molar-refractivity contribution in [1.29, 1.82) is 0 Å². The normalized spacial score (nSPS) is 17.1. The summed E-state index contributed by atoms with van der Waals surface area (Å²) < 4.78 is 7.72. The van der Waals surface area contributed by atoms with E-state index in [0.29, 0.717) is 6.04 Å². The van der Waals surface area contributed by atoms with Crippen molar-refractivity contribution in [2.45, 2.75) is 18.9 Å². The molecule has 1 aliphatic rings. The van der Waals surface area contributed by atoms with E-state index in [0.717, 1.165) is 31.7 Å². The zero-order valence-electron chi connectivity index (χ0n) is 9.73. The lowest BCUT2D eigenvalue weighted by Crippen LogP contribution is -2.20. The van der Waals surface area contributed by atoms with E-state index in [1.54, 1.807) is 0 Å². The molecule has 2 heterocycles. The molecule has 17 heavy (non-hydrogen) atoms. The van der Waals surface area contributed by atoms with E-state index in [1.165, 1.54) is 10.9 Å². The Morgan fingerprint density at radius 2 is 2.00 bits per heavy atom. The van der Waals surface area contributed by atoms with Crippen LogP contribution < -0.4 is 0 Å². The minimum absolute atomic E-state index is 0.481. The summed E-state index contributed by atoms with van der Waals surface area (Å²) in [6.45, 7) is 1.67. The zero-order valence-corrected chi connectivity index (χ0v) is 9.73. The van der Waals surface area contributed by atoms with Gasteiger partial charge in [-0.2, -0.15) is 0 Å². The van der Waals surface area contributed by atoms with Crippen LogP contribution in [0.25, 0.3) is 10.9 Å². The molecule has 1 saturated heterocycles. The van der Waals surface area contributed by atoms with E-state index in [-0.39, 0.29) is 0 Å². The fourth-order valence-electron chi connectivity index (χ4n) is 2.62. The Kier molecular flexibility index (Phi) is 2.62. The number of rotatable bonds is 1. The van der Waals surface area contributed by atoms with Gasteiger partial charge in [-0.15, -0.1) is 6.42 Å². The lowest BCUT2D eigenvalue weighted by Gasteiger charge is -2.25. The lowest BCUT2D eigenvalue weighted by molar-refractivity contribution is 0.0705. The molecule has 3 rings (SSSR count). The first-order valence-electron chi connectivity index (χ1n) is 6.04. The maximum atomic E-state index is 5.62. The molecule has 0 spiro atoms. The first-order valence-corrected chi connectivity index (χ1v) is 6.04. The zero-order chi connectivity index (χ0) is 11.7. The van der Waals surface area contributed by atoms with Gasteiger partial charge in [0.1, 0.15) is 0 Å². The number of nitrogens with zero attached hydrogens (tertiary/aromatic N) is 1. The van der Waals surface area contributed by atoms with Crippen molar-refractivity contribution < 1.29 is 4.74 Å². The van der Waals surface area contributed by atoms with Crippen LogP contribution in [0.1, 0.15) is 24.6 Å². The van der Waals surface area contributed by atoms with Crippen molar-refractivity contribution in [2.75, 3.05) is 13.2 Å². The van der Waals surface area contributed by atoms with Gasteiger partial charge in [-0.25, -0.2) is 0 Å². The summed E-state index contributed by atoms with van der Waals surface area (Å²) >= 11 is 0. The number of aromatic nitrogens is 1. The summed E-state index contributed by atoms with van der Waals surface area (Å²) in [5.74, 6) is 2.80. The van der Waals surface area contributed by atoms with Crippen molar-refractivity contribution in [3.05, 3.63) is 36.0 Å². The molecule has 1 aromatic carbocycles. The van der Waals surface area contributed by atoms with E-state index in [9.17, 15) is 0 Å². The minimum atomic E-state index is 0.481. The molecule has 0 bridgehead atoms. The van der Waals surface area contributed by atoms with Gasteiger partial charge < -0.3 is 9.30 Å². The second-order valence-corrected chi connectivity index (χ2v) is 4.45. The molecule has 2 heteroatoms. The van der Waals surface area contributed by atoms with Crippen LogP contribution in [-0.4, -0.2) is 17.8 Å². The van der Waals surface area contributed by atoms with Crippen LogP contribution >= 0.6 is 0 Å². The molecule has 0 atom stereocenters. The van der Waals surface area contributed by atoms with Crippen molar-refractivity contribution in [3.8, 4) is 12.3 Å². The van der Waals surface area contributed by atoms with Crippen LogP contribution in [0.3, 0.4) is 0 Å². The molecule has 2 nitrogen and oxygen atoms in total. The predicted molar refractivity (Wildman–Crippen MR) is 69.0 cm³/mol. The van der Waals surface area contributed by atoms with Crippen LogP contribution in [0.15, 0.2) is 30.3 Å². The average molecular weight is 225 g/mol. The lowest BCUT2D eigenvalue weighted by atomic mass is 10.1. The van der Waals surface area contributed by atoms with E-state index in [1.807, 2.05) is 0 Å². The molecule has 0 N–H and O–H groups in total. The molecule has 0 radical (unpaired) electrons. The number of hydrogen-bond acceptors (Lipinski definition) is 1. The van der Waals surface area contributed by atoms with E-state index < -0.39 is 0 Å². The second-order valence-electron chi connectivity index (χ2n) is 4.45. The third-order valence-corrected chi connectivity index (χ3v) is 3.45. The number of fused-ring (bicyclic) bond motifs is 1. The molecule has 1 fully saturated rings. The SMILES string of the molecule is C#Cc1cc2ccccc2n1C1CCOCC1. The smallest absolute Gasteiger partial charge is 0.0930 e. The largest absolute Gasteiger partial charge is 0.381 e. The van der Waals surface area contributed by atoms with Gasteiger partial charge in [0.2, 0.25) is 0 Å². The summed E-state index contributed by atoms with van der Waals surface area (Å²) in [6, 6.07) is 11.0. The van der Waals surface area contributed by atoms with Crippen molar-refractivity contribution in [1.82, 2.24) is 4.57 Å². The molecule has 0 amide bonds. The predicted octanol–water partition coefficient (Wildman–Crippen LogP) is 2.97. The van der Waals surface area contributed by atoms with Crippen LogP contribution in [-0.2, 0) is 4.74 Å². The van der Waals surface area contributed by atoms with Crippen molar-refractivity contribution >= 4 is 10.9 Å². The maximum Gasteiger partial charge on any atom is 0.0930 e. The summed E-state index contributed by atoms with van der Waals surface area (Å²) in [6.07, 6.45) is 7.72. The van der Waals surface area contributed by atoms with E-state index in [2.05, 4.69) is 40.8 Å². The van der Waals surface area contributed by atoms with Crippen LogP contribution in [0.4, 0.5) is 0 Å². The van der Waals surface area contributed by atoms with Gasteiger partial charge >= 0.3 is 0 Å². The highest BCUT2D eigenvalue weighted by molar-refractivity contribution is 5.82. The number of para-hydroxylation sites is 1. The van der Waals surface area contributed by atoms with Gasteiger partial charge in [-0.1, -0.05) is 24.1 Å². The highest BCUT2D eigenvalue weighted by Crippen LogP contribution is 2.29. The Labute approximate surface area is 101 Å². The van der Waals surface area contributed by atoms with Gasteiger partial charge in [0.25, 0.3) is 0 Å². The quantitative estimate of drug-likeness (QED) is 0.680. The Morgan fingerprint density at radius 3 is 2.76 bits per heavy atom.